The summed E-state index contributed by atoms with van der Waals surface area (Å²) in [5.41, 5.74) is 5.60. The number of ether oxygens (including phenoxy) is 1. The number of H-pyrrole nitrogens is 2. The van der Waals surface area contributed by atoms with E-state index < -0.39 is 24.3 Å². The van der Waals surface area contributed by atoms with E-state index in [4.69, 9.17) is 14.7 Å². The number of fused-ring (bicyclic) bond motifs is 1. The summed E-state index contributed by atoms with van der Waals surface area (Å²) in [7, 11) is 1.29. The van der Waals surface area contributed by atoms with Gasteiger partial charge in [-0.15, -0.1) is 0 Å². The molecule has 0 aliphatic carbocycles. The van der Waals surface area contributed by atoms with Crippen LogP contribution in [0.25, 0.3) is 44.4 Å². The smallest absolute Gasteiger partial charge is 0.407 e. The van der Waals surface area contributed by atoms with Crippen molar-refractivity contribution in [2.75, 3.05) is 7.11 Å². The third-order valence-electron chi connectivity index (χ3n) is 11.9. The predicted octanol–water partition coefficient (Wildman–Crippen LogP) is 8.06. The van der Waals surface area contributed by atoms with Crippen molar-refractivity contribution in [2.24, 2.45) is 11.8 Å². The second-order valence-corrected chi connectivity index (χ2v) is 16.6. The van der Waals surface area contributed by atoms with Gasteiger partial charge in [0.25, 0.3) is 0 Å². The molecule has 5 aromatic rings. The van der Waals surface area contributed by atoms with Gasteiger partial charge in [-0.05, 0) is 85.4 Å². The van der Waals surface area contributed by atoms with Gasteiger partial charge in [0.05, 0.1) is 30.6 Å². The fourth-order valence-electron chi connectivity index (χ4n) is 8.64. The van der Waals surface area contributed by atoms with Crippen molar-refractivity contribution in [1.29, 1.82) is 0 Å². The Kier molecular flexibility index (Phi) is 11.8. The van der Waals surface area contributed by atoms with E-state index in [0.29, 0.717) is 5.82 Å². The van der Waals surface area contributed by atoms with E-state index in [2.05, 4.69) is 69.1 Å². The average Bonchev–Trinajstić information content (AvgIpc) is 4.05. The minimum absolute atomic E-state index is 0.00328. The zero-order valence-corrected chi connectivity index (χ0v) is 34.7. The fraction of sp³-hybridized carbons (Fsp3) is 0.422. The first-order chi connectivity index (χ1) is 28.2. The van der Waals surface area contributed by atoms with Crippen LogP contribution in [0.3, 0.4) is 0 Å². The average molecular weight is 803 g/mol. The Bertz CT molecular complexity index is 2330. The molecule has 14 nitrogen and oxygen atoms in total. The highest BCUT2D eigenvalue weighted by Gasteiger charge is 2.42. The molecule has 2 saturated heterocycles. The van der Waals surface area contributed by atoms with Crippen molar-refractivity contribution in [3.05, 3.63) is 84.7 Å². The number of aromatic nitrogens is 4. The van der Waals surface area contributed by atoms with Crippen molar-refractivity contribution in [3.63, 3.8) is 0 Å². The van der Waals surface area contributed by atoms with Crippen LogP contribution in [0, 0.1) is 11.8 Å². The molecule has 0 spiro atoms. The highest BCUT2D eigenvalue weighted by atomic mass is 16.5. The lowest BCUT2D eigenvalue weighted by Crippen LogP contribution is -2.52. The van der Waals surface area contributed by atoms with Crippen LogP contribution in [0.1, 0.15) is 91.0 Å². The number of imidazole rings is 2. The first-order valence-corrected chi connectivity index (χ1v) is 20.5. The quantitative estimate of drug-likeness (QED) is 0.0888. The molecule has 0 bridgehead atoms. The maximum absolute atomic E-state index is 13.8. The molecule has 0 saturated carbocycles. The highest BCUT2D eigenvalue weighted by molar-refractivity contribution is 5.91. The number of rotatable bonds is 11. The number of carbonyl (C=O) groups is 4. The number of alkyl carbamates (subject to hydrolysis) is 1. The molecule has 2 aliphatic rings. The lowest BCUT2D eigenvalue weighted by molar-refractivity contribution is -0.138. The Balaban J connectivity index is 1.04. The minimum Gasteiger partial charge on any atom is -0.465 e. The number of benzene rings is 3. The summed E-state index contributed by atoms with van der Waals surface area (Å²) < 4.78 is 4.79. The van der Waals surface area contributed by atoms with E-state index in [9.17, 15) is 24.3 Å². The van der Waals surface area contributed by atoms with Gasteiger partial charge in [-0.3, -0.25) is 9.59 Å². The molecule has 3 aromatic carbocycles. The molecule has 5 N–H and O–H groups in total. The fourth-order valence-corrected chi connectivity index (χ4v) is 8.64. The van der Waals surface area contributed by atoms with Crippen LogP contribution >= 0.6 is 0 Å². The SMILES string of the molecule is COC(=O)NC(C(=O)N1[C@@H](C)CC[C@H]1c1nc(-c2ccc3cc(-c4ccc(-c5c[nH]c([C@@H]6CC[C@H](C)N6C(=O)C(NC(=O)O)C(C)C)n5)cc4)ccc3c2)c[nH]1)C(C)C. The molecule has 7 rings (SSSR count). The summed E-state index contributed by atoms with van der Waals surface area (Å²) in [5.74, 6) is 0.717. The molecule has 2 aromatic heterocycles. The van der Waals surface area contributed by atoms with Crippen molar-refractivity contribution >= 4 is 34.8 Å². The number of hydrogen-bond donors (Lipinski definition) is 5. The first kappa shape index (κ1) is 41.0. The zero-order valence-electron chi connectivity index (χ0n) is 34.7. The maximum atomic E-state index is 13.8. The van der Waals surface area contributed by atoms with Crippen molar-refractivity contribution in [3.8, 4) is 33.6 Å². The second kappa shape index (κ2) is 17.0. The Hall–Kier alpha value is -6.18. The van der Waals surface area contributed by atoms with Gasteiger partial charge < -0.3 is 40.2 Å². The molecule has 59 heavy (non-hydrogen) atoms. The van der Waals surface area contributed by atoms with Gasteiger partial charge in [-0.1, -0.05) is 76.2 Å². The summed E-state index contributed by atoms with van der Waals surface area (Å²) in [6.07, 6.45) is 5.04. The molecule has 2 aliphatic heterocycles. The summed E-state index contributed by atoms with van der Waals surface area (Å²) in [6.45, 7) is 11.5. The summed E-state index contributed by atoms with van der Waals surface area (Å²) >= 11 is 0. The van der Waals surface area contributed by atoms with E-state index in [0.717, 1.165) is 75.9 Å². The van der Waals surface area contributed by atoms with Crippen LogP contribution in [0.4, 0.5) is 9.59 Å². The van der Waals surface area contributed by atoms with Crippen LogP contribution in [0.15, 0.2) is 73.1 Å². The third kappa shape index (κ3) is 8.39. The van der Waals surface area contributed by atoms with Crippen LogP contribution in [0.5, 0.6) is 0 Å². The van der Waals surface area contributed by atoms with E-state index in [1.807, 2.05) is 71.0 Å². The number of aromatic amines is 2. The Morgan fingerprint density at radius 2 is 1.10 bits per heavy atom. The van der Waals surface area contributed by atoms with Gasteiger partial charge in [0.1, 0.15) is 23.7 Å². The van der Waals surface area contributed by atoms with Crippen molar-refractivity contribution < 1.29 is 29.0 Å². The molecular formula is C45H54N8O6. The number of nitrogens with zero attached hydrogens (tertiary/aromatic N) is 4. The van der Waals surface area contributed by atoms with E-state index in [1.54, 1.807) is 4.90 Å². The summed E-state index contributed by atoms with van der Waals surface area (Å²) in [6, 6.07) is 18.8. The maximum Gasteiger partial charge on any atom is 0.407 e. The van der Waals surface area contributed by atoms with Crippen LogP contribution < -0.4 is 10.6 Å². The largest absolute Gasteiger partial charge is 0.465 e. The lowest BCUT2D eigenvalue weighted by Gasteiger charge is -2.32. The molecule has 4 heterocycles. The summed E-state index contributed by atoms with van der Waals surface area (Å²) in [5, 5.41) is 16.7. The van der Waals surface area contributed by atoms with Crippen molar-refractivity contribution in [1.82, 2.24) is 40.4 Å². The molecule has 6 atom stereocenters. The molecule has 310 valence electrons. The van der Waals surface area contributed by atoms with Gasteiger partial charge in [-0.2, -0.15) is 0 Å². The molecule has 4 amide bonds. The van der Waals surface area contributed by atoms with E-state index in [1.165, 1.54) is 7.11 Å². The third-order valence-corrected chi connectivity index (χ3v) is 11.9. The number of methoxy groups -OCH3 is 1. The number of amides is 4. The van der Waals surface area contributed by atoms with Crippen LogP contribution in [0.2, 0.25) is 0 Å². The topological polar surface area (TPSA) is 186 Å². The Morgan fingerprint density at radius 1 is 0.661 bits per heavy atom. The van der Waals surface area contributed by atoms with Gasteiger partial charge in [0.2, 0.25) is 11.8 Å². The number of carboxylic acid groups (broad SMARTS) is 1. The highest BCUT2D eigenvalue weighted by Crippen LogP contribution is 2.39. The monoisotopic (exact) mass is 802 g/mol. The Morgan fingerprint density at radius 3 is 1.59 bits per heavy atom. The van der Waals surface area contributed by atoms with E-state index >= 15 is 0 Å². The molecular weight excluding hydrogens is 749 g/mol. The molecule has 2 unspecified atom stereocenters. The normalized spacial score (nSPS) is 20.3. The molecule has 2 fully saturated rings. The van der Waals surface area contributed by atoms with Crippen LogP contribution in [-0.4, -0.2) is 90.1 Å². The van der Waals surface area contributed by atoms with Gasteiger partial charge in [0.15, 0.2) is 0 Å². The van der Waals surface area contributed by atoms with Gasteiger partial charge in [-0.25, -0.2) is 19.6 Å². The number of carbonyl (C=O) groups excluding carboxylic acids is 3. The number of hydrogen-bond acceptors (Lipinski definition) is 7. The van der Waals surface area contributed by atoms with E-state index in [-0.39, 0.29) is 47.8 Å². The Labute approximate surface area is 344 Å². The van der Waals surface area contributed by atoms with Crippen LogP contribution in [-0.2, 0) is 14.3 Å². The minimum atomic E-state index is -1.21. The zero-order chi connectivity index (χ0) is 42.1. The predicted molar refractivity (Wildman–Crippen MR) is 225 cm³/mol. The molecule has 14 heteroatoms. The first-order valence-electron chi connectivity index (χ1n) is 20.5. The number of nitrogens with one attached hydrogen (secondary N) is 4. The standard InChI is InChI=1S/C45H54N8O6/c1-24(2)38(50-44(56)57)42(54)52-26(5)8-18-36(52)40-46-22-34(48-40)29-12-10-28(11-13-29)30-14-15-32-21-33(17-16-31(32)20-30)35-23-47-41(49-35)37-19-9-27(6)53(37)43(55)39(25(3)4)51-45(58)59-7/h10-17,20-27,36-39,50H,8-9,18-19H2,1-7H3,(H,46,48)(H,47,49)(H,51,58)(H,56,57)/t26-,27-,36-,37-,38?,39?/m0/s1. The molecule has 0 radical (unpaired) electrons. The number of likely N-dealkylation sites (tertiary alicyclic amines) is 2. The van der Waals surface area contributed by atoms with Gasteiger partial charge in [0, 0.05) is 35.6 Å². The summed E-state index contributed by atoms with van der Waals surface area (Å²) in [4.78, 5) is 71.1. The second-order valence-electron chi connectivity index (χ2n) is 16.6. The van der Waals surface area contributed by atoms with Gasteiger partial charge >= 0.3 is 12.2 Å². The van der Waals surface area contributed by atoms with Crippen molar-refractivity contribution in [2.45, 2.75) is 103 Å². The lowest BCUT2D eigenvalue weighted by atomic mass is 9.98.